The molecule has 0 radical (unpaired) electrons. The molecule has 1 aliphatic heterocycles. The Bertz CT molecular complexity index is 1360. The molecule has 10 nitrogen and oxygen atoms in total. The lowest BCUT2D eigenvalue weighted by Gasteiger charge is -2.38. The van der Waals surface area contributed by atoms with Crippen LogP contribution in [0.15, 0.2) is 48.9 Å². The number of piperidine rings is 1. The van der Waals surface area contributed by atoms with Crippen LogP contribution in [0.3, 0.4) is 0 Å². The zero-order valence-electron chi connectivity index (χ0n) is 19.8. The molecule has 4 heterocycles. The van der Waals surface area contributed by atoms with Crippen LogP contribution in [-0.4, -0.2) is 71.6 Å². The Morgan fingerprint density at radius 3 is 2.66 bits per heavy atom. The number of aromatic nitrogens is 4. The molecule has 5 rings (SSSR count). The molecule has 0 spiro atoms. The topological polar surface area (TPSA) is 118 Å². The number of methoxy groups -OCH3 is 2. The third kappa shape index (κ3) is 4.26. The van der Waals surface area contributed by atoms with Gasteiger partial charge in [0.15, 0.2) is 5.65 Å². The fourth-order valence-electron chi connectivity index (χ4n) is 4.48. The van der Waals surface area contributed by atoms with Crippen molar-refractivity contribution in [2.24, 2.45) is 5.73 Å². The molecule has 1 saturated heterocycles. The summed E-state index contributed by atoms with van der Waals surface area (Å²) < 4.78 is 17.6. The molecule has 0 bridgehead atoms. The van der Waals surface area contributed by atoms with Crippen molar-refractivity contribution < 1.29 is 19.0 Å². The van der Waals surface area contributed by atoms with E-state index in [-0.39, 0.29) is 5.97 Å². The molecule has 4 aromatic rings. The van der Waals surface area contributed by atoms with Crippen LogP contribution in [-0.2, 0) is 14.3 Å². The van der Waals surface area contributed by atoms with Crippen molar-refractivity contribution in [3.8, 4) is 11.6 Å². The number of para-hydroxylation sites is 1. The van der Waals surface area contributed by atoms with Gasteiger partial charge in [0, 0.05) is 37.8 Å². The van der Waals surface area contributed by atoms with Gasteiger partial charge in [-0.1, -0.05) is 12.1 Å². The smallest absolute Gasteiger partial charge is 0.325 e. The number of nitrogens with two attached hydrogens (primary N) is 1. The molecule has 0 atom stereocenters. The van der Waals surface area contributed by atoms with Gasteiger partial charge < -0.3 is 24.8 Å². The number of hydrogen-bond acceptors (Lipinski definition) is 9. The van der Waals surface area contributed by atoms with E-state index in [1.54, 1.807) is 25.7 Å². The molecular weight excluding hydrogens is 448 g/mol. The summed E-state index contributed by atoms with van der Waals surface area (Å²) in [6.07, 6.45) is 4.43. The monoisotopic (exact) mass is 476 g/mol. The second-order valence-corrected chi connectivity index (χ2v) is 8.59. The van der Waals surface area contributed by atoms with Crippen LogP contribution in [0, 0.1) is 0 Å². The van der Waals surface area contributed by atoms with E-state index >= 15 is 0 Å². The number of imidazole rings is 1. The number of esters is 1. The van der Waals surface area contributed by atoms with Crippen LogP contribution in [0.5, 0.6) is 5.75 Å². The van der Waals surface area contributed by atoms with Gasteiger partial charge in [-0.3, -0.25) is 9.36 Å². The van der Waals surface area contributed by atoms with Gasteiger partial charge >= 0.3 is 5.97 Å². The maximum Gasteiger partial charge on any atom is 0.325 e. The van der Waals surface area contributed by atoms with Crippen molar-refractivity contribution in [1.29, 1.82) is 0 Å². The first-order valence-corrected chi connectivity index (χ1v) is 11.5. The normalized spacial score (nSPS) is 15.5. The van der Waals surface area contributed by atoms with Crippen LogP contribution in [0.4, 0.5) is 5.69 Å². The molecule has 1 aromatic carbocycles. The zero-order chi connectivity index (χ0) is 24.4. The summed E-state index contributed by atoms with van der Waals surface area (Å²) in [7, 11) is 3.01. The Labute approximate surface area is 202 Å². The number of fused-ring (bicyclic) bond motifs is 2. The summed E-state index contributed by atoms with van der Waals surface area (Å²) in [6.45, 7) is 2.18. The predicted octanol–water partition coefficient (Wildman–Crippen LogP) is 2.46. The standard InChI is InChI=1S/C25H28N6O4/c1-33-14-15-35-19-8-11-27-23-22(19)28-16-31(23)20-7-6-17-4-3-5-18(21(17)29-20)30-12-9-25(26,10-13-30)24(32)34-2/h3-8,11,16H,9-10,12-15,26H2,1-2H3. The lowest BCUT2D eigenvalue weighted by Crippen LogP contribution is -2.56. The first-order valence-electron chi connectivity index (χ1n) is 11.5. The molecule has 1 fully saturated rings. The van der Waals surface area contributed by atoms with Crippen LogP contribution >= 0.6 is 0 Å². The Balaban J connectivity index is 1.48. The first-order chi connectivity index (χ1) is 17.0. The lowest BCUT2D eigenvalue weighted by molar-refractivity contribution is -0.147. The second kappa shape index (κ2) is 9.47. The van der Waals surface area contributed by atoms with Gasteiger partial charge in [0.05, 0.1) is 24.9 Å². The maximum atomic E-state index is 12.1. The third-order valence-electron chi connectivity index (χ3n) is 6.46. The van der Waals surface area contributed by atoms with Crippen molar-refractivity contribution in [2.75, 3.05) is 45.4 Å². The van der Waals surface area contributed by atoms with E-state index in [9.17, 15) is 4.79 Å². The number of nitrogens with zero attached hydrogens (tertiary/aromatic N) is 5. The summed E-state index contributed by atoms with van der Waals surface area (Å²) in [6, 6.07) is 11.9. The number of carbonyl (C=O) groups excluding carboxylic acids is 1. The molecule has 0 unspecified atom stereocenters. The van der Waals surface area contributed by atoms with Crippen molar-refractivity contribution in [3.63, 3.8) is 0 Å². The van der Waals surface area contributed by atoms with Gasteiger partial charge in [0.2, 0.25) is 0 Å². The highest BCUT2D eigenvalue weighted by Gasteiger charge is 2.39. The van der Waals surface area contributed by atoms with E-state index in [1.807, 2.05) is 34.9 Å². The third-order valence-corrected chi connectivity index (χ3v) is 6.46. The van der Waals surface area contributed by atoms with Crippen molar-refractivity contribution >= 4 is 33.7 Å². The highest BCUT2D eigenvalue weighted by atomic mass is 16.5. The summed E-state index contributed by atoms with van der Waals surface area (Å²) in [5, 5.41) is 1.02. The Hall–Kier alpha value is -3.76. The largest absolute Gasteiger partial charge is 0.489 e. The SMILES string of the molecule is COCCOc1ccnc2c1ncn2-c1ccc2cccc(N3CCC(N)(C(=O)OC)CC3)c2n1. The van der Waals surface area contributed by atoms with Crippen molar-refractivity contribution in [2.45, 2.75) is 18.4 Å². The summed E-state index contributed by atoms with van der Waals surface area (Å²) >= 11 is 0. The Morgan fingerprint density at radius 1 is 1.06 bits per heavy atom. The number of anilines is 1. The number of rotatable bonds is 7. The van der Waals surface area contributed by atoms with E-state index in [1.165, 1.54) is 7.11 Å². The van der Waals surface area contributed by atoms with E-state index in [0.717, 1.165) is 16.6 Å². The maximum absolute atomic E-state index is 12.1. The number of pyridine rings is 2. The van der Waals surface area contributed by atoms with Crippen molar-refractivity contribution in [3.05, 3.63) is 48.9 Å². The van der Waals surface area contributed by atoms with Crippen LogP contribution < -0.4 is 15.4 Å². The van der Waals surface area contributed by atoms with Gasteiger partial charge in [0.25, 0.3) is 0 Å². The molecule has 0 aliphatic carbocycles. The minimum atomic E-state index is -0.946. The van der Waals surface area contributed by atoms with Crippen molar-refractivity contribution in [1.82, 2.24) is 19.5 Å². The molecule has 3 aromatic heterocycles. The van der Waals surface area contributed by atoms with Crippen LogP contribution in [0.1, 0.15) is 12.8 Å². The Morgan fingerprint density at radius 2 is 1.89 bits per heavy atom. The highest BCUT2D eigenvalue weighted by molar-refractivity contribution is 5.92. The first kappa shape index (κ1) is 23.0. The Kier molecular flexibility index (Phi) is 6.23. The molecule has 0 saturated carbocycles. The van der Waals surface area contributed by atoms with Gasteiger partial charge in [0.1, 0.15) is 35.6 Å². The predicted molar refractivity (Wildman–Crippen MR) is 132 cm³/mol. The summed E-state index contributed by atoms with van der Waals surface area (Å²) in [4.78, 5) is 28.4. The number of carbonyl (C=O) groups is 1. The highest BCUT2D eigenvalue weighted by Crippen LogP contribution is 2.32. The second-order valence-electron chi connectivity index (χ2n) is 8.59. The lowest BCUT2D eigenvalue weighted by atomic mass is 9.88. The molecule has 35 heavy (non-hydrogen) atoms. The molecule has 2 N–H and O–H groups in total. The summed E-state index contributed by atoms with van der Waals surface area (Å²) in [5.74, 6) is 0.991. The van der Waals surface area contributed by atoms with E-state index < -0.39 is 5.54 Å². The van der Waals surface area contributed by atoms with E-state index in [4.69, 9.17) is 24.9 Å². The minimum absolute atomic E-state index is 0.361. The van der Waals surface area contributed by atoms with E-state index in [2.05, 4.69) is 14.9 Å². The van der Waals surface area contributed by atoms with Gasteiger partial charge in [-0.25, -0.2) is 15.0 Å². The van der Waals surface area contributed by atoms with Gasteiger partial charge in [-0.05, 0) is 31.0 Å². The molecular formula is C25H28N6O4. The fraction of sp³-hybridized carbons (Fsp3) is 0.360. The van der Waals surface area contributed by atoms with Gasteiger partial charge in [-0.2, -0.15) is 0 Å². The average Bonchev–Trinajstić information content (AvgIpc) is 3.33. The van der Waals surface area contributed by atoms with Gasteiger partial charge in [-0.15, -0.1) is 0 Å². The summed E-state index contributed by atoms with van der Waals surface area (Å²) in [5.41, 5.74) is 8.55. The quantitative estimate of drug-likeness (QED) is 0.317. The zero-order valence-corrected chi connectivity index (χ0v) is 19.8. The number of hydrogen-bond donors (Lipinski definition) is 1. The average molecular weight is 477 g/mol. The fourth-order valence-corrected chi connectivity index (χ4v) is 4.48. The number of ether oxygens (including phenoxy) is 3. The molecule has 182 valence electrons. The molecule has 10 heteroatoms. The van der Waals surface area contributed by atoms with Crippen LogP contribution in [0.25, 0.3) is 27.9 Å². The minimum Gasteiger partial charge on any atom is -0.489 e. The van der Waals surface area contributed by atoms with Crippen LogP contribution in [0.2, 0.25) is 0 Å². The molecule has 0 amide bonds. The number of benzene rings is 1. The molecule has 1 aliphatic rings. The van der Waals surface area contributed by atoms with E-state index in [0.29, 0.717) is 61.9 Å².